The van der Waals surface area contributed by atoms with Crippen molar-refractivity contribution >= 4 is 31.3 Å². The molecule has 14 heavy (non-hydrogen) atoms. The van der Waals surface area contributed by atoms with Crippen LogP contribution < -0.4 is 0 Å². The molecule has 3 nitrogen and oxygen atoms in total. The minimum atomic E-state index is -3.92. The topological polar surface area (TPSA) is 57.9 Å². The average Bonchev–Trinajstić information content (AvgIpc) is 2.07. The maximum absolute atomic E-state index is 11.0. The monoisotopic (exact) mass is 249 g/mol. The molecule has 0 amide bonds. The van der Waals surface area contributed by atoms with E-state index in [0.29, 0.717) is 5.56 Å². The maximum Gasteiger partial charge on any atom is 0.262 e. The van der Waals surface area contributed by atoms with Gasteiger partial charge in [0.2, 0.25) is 0 Å². The Hall–Kier alpha value is -0.760. The van der Waals surface area contributed by atoms with Gasteiger partial charge in [-0.1, -0.05) is 11.6 Å². The van der Waals surface area contributed by atoms with Crippen molar-refractivity contribution in [1.82, 2.24) is 0 Å². The SMILES string of the molecule is Cc1cc(C#N)c(S(=O)(=O)Cl)cc1Cl. The lowest BCUT2D eigenvalue weighted by molar-refractivity contribution is 0.609. The predicted molar refractivity (Wildman–Crippen MR) is 53.9 cm³/mol. The molecule has 0 bridgehead atoms. The summed E-state index contributed by atoms with van der Waals surface area (Å²) in [6.45, 7) is 1.67. The van der Waals surface area contributed by atoms with E-state index in [9.17, 15) is 8.42 Å². The van der Waals surface area contributed by atoms with Gasteiger partial charge in [0, 0.05) is 15.7 Å². The Balaban J connectivity index is 3.61. The molecule has 0 aliphatic heterocycles. The second-order valence-corrected chi connectivity index (χ2v) is 5.59. The summed E-state index contributed by atoms with van der Waals surface area (Å²) < 4.78 is 22.1. The lowest BCUT2D eigenvalue weighted by atomic mass is 10.1. The van der Waals surface area contributed by atoms with Gasteiger partial charge in [0.15, 0.2) is 0 Å². The quantitative estimate of drug-likeness (QED) is 0.719. The van der Waals surface area contributed by atoms with E-state index in [1.807, 2.05) is 0 Å². The van der Waals surface area contributed by atoms with Crippen molar-refractivity contribution in [3.8, 4) is 6.07 Å². The van der Waals surface area contributed by atoms with Crippen LogP contribution in [0.15, 0.2) is 17.0 Å². The molecular weight excluding hydrogens is 245 g/mol. The van der Waals surface area contributed by atoms with Gasteiger partial charge in [0.25, 0.3) is 9.05 Å². The molecule has 1 aromatic rings. The third-order valence-corrected chi connectivity index (χ3v) is 3.41. The van der Waals surface area contributed by atoms with Gasteiger partial charge >= 0.3 is 0 Å². The van der Waals surface area contributed by atoms with Crippen LogP contribution in [0.3, 0.4) is 0 Å². The summed E-state index contributed by atoms with van der Waals surface area (Å²) in [5.41, 5.74) is 0.634. The van der Waals surface area contributed by atoms with E-state index in [1.54, 1.807) is 13.0 Å². The second-order valence-electron chi connectivity index (χ2n) is 2.65. The number of benzene rings is 1. The van der Waals surface area contributed by atoms with Crippen molar-refractivity contribution < 1.29 is 8.42 Å². The highest BCUT2D eigenvalue weighted by molar-refractivity contribution is 8.13. The highest BCUT2D eigenvalue weighted by atomic mass is 35.7. The summed E-state index contributed by atoms with van der Waals surface area (Å²) >= 11 is 5.72. The maximum atomic E-state index is 11.0. The molecule has 0 atom stereocenters. The van der Waals surface area contributed by atoms with E-state index in [-0.39, 0.29) is 15.5 Å². The molecule has 0 aliphatic rings. The minimum Gasteiger partial charge on any atom is -0.207 e. The van der Waals surface area contributed by atoms with Crippen LogP contribution >= 0.6 is 22.3 Å². The first-order chi connectivity index (χ1) is 6.36. The van der Waals surface area contributed by atoms with Gasteiger partial charge in [0.05, 0.1) is 5.56 Å². The first kappa shape index (κ1) is 11.3. The number of hydrogen-bond donors (Lipinski definition) is 0. The fraction of sp³-hybridized carbons (Fsp3) is 0.125. The molecule has 0 heterocycles. The summed E-state index contributed by atoms with van der Waals surface area (Å²) in [4.78, 5) is -0.253. The number of rotatable bonds is 1. The zero-order valence-corrected chi connectivity index (χ0v) is 9.41. The van der Waals surface area contributed by atoms with Gasteiger partial charge in [-0.2, -0.15) is 5.26 Å². The van der Waals surface area contributed by atoms with E-state index in [2.05, 4.69) is 0 Å². The Kier molecular flexibility index (Phi) is 3.05. The molecule has 0 saturated heterocycles. The van der Waals surface area contributed by atoms with Crippen molar-refractivity contribution in [2.45, 2.75) is 11.8 Å². The lowest BCUT2D eigenvalue weighted by Crippen LogP contribution is -1.96. The number of aryl methyl sites for hydroxylation is 1. The number of halogens is 2. The fourth-order valence-electron chi connectivity index (χ4n) is 0.952. The predicted octanol–water partition coefficient (Wildman–Crippen LogP) is 2.45. The molecule has 74 valence electrons. The normalized spacial score (nSPS) is 11.0. The number of hydrogen-bond acceptors (Lipinski definition) is 3. The highest BCUT2D eigenvalue weighted by Gasteiger charge is 2.17. The molecule has 0 saturated carbocycles. The summed E-state index contributed by atoms with van der Waals surface area (Å²) in [6.07, 6.45) is 0. The molecule has 6 heteroatoms. The Morgan fingerprint density at radius 3 is 2.43 bits per heavy atom. The zero-order valence-electron chi connectivity index (χ0n) is 7.08. The summed E-state index contributed by atoms with van der Waals surface area (Å²) in [6, 6.07) is 4.31. The largest absolute Gasteiger partial charge is 0.262 e. The number of nitrogens with zero attached hydrogens (tertiary/aromatic N) is 1. The van der Waals surface area contributed by atoms with E-state index in [0.717, 1.165) is 0 Å². The summed E-state index contributed by atoms with van der Waals surface area (Å²) in [5, 5.41) is 8.95. The molecule has 0 unspecified atom stereocenters. The van der Waals surface area contributed by atoms with Crippen LogP contribution in [-0.4, -0.2) is 8.42 Å². The van der Waals surface area contributed by atoms with Crippen molar-refractivity contribution in [1.29, 1.82) is 5.26 Å². The fourth-order valence-corrected chi connectivity index (χ4v) is 2.19. The molecule has 1 aromatic carbocycles. The van der Waals surface area contributed by atoms with Crippen LogP contribution in [0, 0.1) is 18.3 Å². The standard InChI is InChI=1S/C8H5Cl2NO2S/c1-5-2-6(4-11)8(3-7(5)9)14(10,12)13/h2-3H,1H3. The van der Waals surface area contributed by atoms with Gasteiger partial charge < -0.3 is 0 Å². The van der Waals surface area contributed by atoms with Crippen LogP contribution in [0.1, 0.15) is 11.1 Å². The van der Waals surface area contributed by atoms with E-state index in [4.69, 9.17) is 27.5 Å². The van der Waals surface area contributed by atoms with E-state index in [1.165, 1.54) is 12.1 Å². The number of nitriles is 1. The summed E-state index contributed by atoms with van der Waals surface area (Å²) in [5.74, 6) is 0. The Labute approximate surface area is 91.3 Å². The third-order valence-electron chi connectivity index (χ3n) is 1.64. The Morgan fingerprint density at radius 2 is 2.00 bits per heavy atom. The third kappa shape index (κ3) is 2.18. The van der Waals surface area contributed by atoms with Crippen molar-refractivity contribution in [3.05, 3.63) is 28.3 Å². The second kappa shape index (κ2) is 3.77. The lowest BCUT2D eigenvalue weighted by Gasteiger charge is -2.02. The molecule has 0 aliphatic carbocycles. The van der Waals surface area contributed by atoms with Crippen molar-refractivity contribution in [2.24, 2.45) is 0 Å². The van der Waals surface area contributed by atoms with Gasteiger partial charge in [-0.15, -0.1) is 0 Å². The van der Waals surface area contributed by atoms with Crippen LogP contribution in [0.2, 0.25) is 5.02 Å². The molecule has 0 radical (unpaired) electrons. The van der Waals surface area contributed by atoms with Gasteiger partial charge in [-0.25, -0.2) is 8.42 Å². The summed E-state index contributed by atoms with van der Waals surface area (Å²) in [7, 11) is 1.21. The van der Waals surface area contributed by atoms with Crippen LogP contribution in [-0.2, 0) is 9.05 Å². The van der Waals surface area contributed by atoms with E-state index >= 15 is 0 Å². The van der Waals surface area contributed by atoms with Crippen LogP contribution in [0.25, 0.3) is 0 Å². The van der Waals surface area contributed by atoms with E-state index < -0.39 is 9.05 Å². The Morgan fingerprint density at radius 1 is 1.43 bits per heavy atom. The van der Waals surface area contributed by atoms with Gasteiger partial charge in [-0.05, 0) is 24.6 Å². The van der Waals surface area contributed by atoms with Crippen LogP contribution in [0.5, 0.6) is 0 Å². The molecule has 0 spiro atoms. The van der Waals surface area contributed by atoms with Crippen LogP contribution in [0.4, 0.5) is 0 Å². The zero-order chi connectivity index (χ0) is 10.9. The molecule has 0 fully saturated rings. The van der Waals surface area contributed by atoms with Crippen molar-refractivity contribution in [3.63, 3.8) is 0 Å². The first-order valence-electron chi connectivity index (χ1n) is 3.51. The Bertz CT molecular complexity index is 517. The molecule has 0 N–H and O–H groups in total. The first-order valence-corrected chi connectivity index (χ1v) is 6.20. The highest BCUT2D eigenvalue weighted by Crippen LogP contribution is 2.26. The van der Waals surface area contributed by atoms with Gasteiger partial charge in [0.1, 0.15) is 11.0 Å². The van der Waals surface area contributed by atoms with Crippen molar-refractivity contribution in [2.75, 3.05) is 0 Å². The minimum absolute atomic E-state index is 0.00176. The molecule has 0 aromatic heterocycles. The average molecular weight is 250 g/mol. The smallest absolute Gasteiger partial charge is 0.207 e. The molecular formula is C8H5Cl2NO2S. The molecule has 1 rings (SSSR count). The van der Waals surface area contributed by atoms with Gasteiger partial charge in [-0.3, -0.25) is 0 Å².